The number of aromatic nitrogens is 1. The number of nitrogens with one attached hydrogen (secondary N) is 1. The number of para-hydroxylation sites is 1. The molecule has 0 bridgehead atoms. The van der Waals surface area contributed by atoms with Gasteiger partial charge >= 0.3 is 0 Å². The van der Waals surface area contributed by atoms with Gasteiger partial charge in [0.05, 0.1) is 24.8 Å². The highest BCUT2D eigenvalue weighted by molar-refractivity contribution is 5.78. The van der Waals surface area contributed by atoms with E-state index in [9.17, 15) is 4.79 Å². The molecule has 6 nitrogen and oxygen atoms in total. The molecule has 2 aromatic rings. The van der Waals surface area contributed by atoms with Gasteiger partial charge in [0.1, 0.15) is 11.5 Å². The largest absolute Gasteiger partial charge is 0.496 e. The summed E-state index contributed by atoms with van der Waals surface area (Å²) in [6.07, 6.45) is 0.204. The predicted molar refractivity (Wildman–Crippen MR) is 102 cm³/mol. The highest BCUT2D eigenvalue weighted by Gasteiger charge is 2.18. The summed E-state index contributed by atoms with van der Waals surface area (Å²) in [6, 6.07) is 7.84. The summed E-state index contributed by atoms with van der Waals surface area (Å²) >= 11 is 0. The molecule has 0 aliphatic carbocycles. The maximum absolute atomic E-state index is 12.3. The second-order valence-corrected chi connectivity index (χ2v) is 6.27. The van der Waals surface area contributed by atoms with Crippen molar-refractivity contribution in [2.75, 3.05) is 26.7 Å². The Bertz CT molecular complexity index is 723. The van der Waals surface area contributed by atoms with Crippen LogP contribution in [0.1, 0.15) is 32.2 Å². The van der Waals surface area contributed by atoms with Gasteiger partial charge in [0.15, 0.2) is 0 Å². The Morgan fingerprint density at radius 1 is 1.31 bits per heavy atom. The van der Waals surface area contributed by atoms with Crippen molar-refractivity contribution in [3.63, 3.8) is 0 Å². The molecular formula is C20H29N3O3. The predicted octanol–water partition coefficient (Wildman–Crippen LogP) is 3.05. The number of ether oxygens (including phenoxy) is 1. The van der Waals surface area contributed by atoms with E-state index in [1.54, 1.807) is 7.11 Å². The van der Waals surface area contributed by atoms with E-state index in [0.29, 0.717) is 35.7 Å². The zero-order chi connectivity index (χ0) is 19.1. The molecule has 142 valence electrons. The van der Waals surface area contributed by atoms with E-state index in [2.05, 4.69) is 36.0 Å². The van der Waals surface area contributed by atoms with Gasteiger partial charge in [-0.1, -0.05) is 26.0 Å². The summed E-state index contributed by atoms with van der Waals surface area (Å²) in [5, 5.41) is 2.99. The minimum absolute atomic E-state index is 0.0491. The summed E-state index contributed by atoms with van der Waals surface area (Å²) in [6.45, 7) is 10.8. The van der Waals surface area contributed by atoms with E-state index < -0.39 is 0 Å². The summed E-state index contributed by atoms with van der Waals surface area (Å²) in [4.78, 5) is 19.1. The summed E-state index contributed by atoms with van der Waals surface area (Å²) in [5.74, 6) is 1.77. The van der Waals surface area contributed by atoms with Gasteiger partial charge in [-0.05, 0) is 39.1 Å². The van der Waals surface area contributed by atoms with Crippen LogP contribution in [0.2, 0.25) is 0 Å². The Hall–Kier alpha value is -2.34. The maximum Gasteiger partial charge on any atom is 0.230 e. The van der Waals surface area contributed by atoms with Crippen molar-refractivity contribution in [3.8, 4) is 17.2 Å². The molecule has 1 unspecified atom stereocenters. The van der Waals surface area contributed by atoms with Crippen LogP contribution in [0.4, 0.5) is 0 Å². The molecule has 1 heterocycles. The highest BCUT2D eigenvalue weighted by atomic mass is 16.5. The monoisotopic (exact) mass is 359 g/mol. The molecule has 0 aliphatic heterocycles. The highest BCUT2D eigenvalue weighted by Crippen LogP contribution is 2.30. The fourth-order valence-electron chi connectivity index (χ4n) is 2.98. The lowest BCUT2D eigenvalue weighted by Crippen LogP contribution is -2.42. The SMILES string of the molecule is CCN(CC)C(C)CNC(=O)Cc1nc(-c2ccccc2OC)oc1C. The average molecular weight is 359 g/mol. The zero-order valence-corrected chi connectivity index (χ0v) is 16.3. The molecule has 0 saturated heterocycles. The molecule has 1 aromatic carbocycles. The third-order valence-electron chi connectivity index (χ3n) is 4.59. The van der Waals surface area contributed by atoms with Gasteiger partial charge < -0.3 is 14.5 Å². The van der Waals surface area contributed by atoms with Crippen LogP contribution in [0.5, 0.6) is 5.75 Å². The topological polar surface area (TPSA) is 67.6 Å². The second kappa shape index (κ2) is 9.38. The van der Waals surface area contributed by atoms with Gasteiger partial charge in [-0.2, -0.15) is 0 Å². The summed E-state index contributed by atoms with van der Waals surface area (Å²) < 4.78 is 11.1. The van der Waals surface area contributed by atoms with Gasteiger partial charge in [-0.15, -0.1) is 0 Å². The Morgan fingerprint density at radius 2 is 2.00 bits per heavy atom. The first kappa shape index (κ1) is 20.0. The maximum atomic E-state index is 12.3. The molecule has 1 amide bonds. The Labute approximate surface area is 155 Å². The van der Waals surface area contributed by atoms with Gasteiger partial charge in [-0.25, -0.2) is 4.98 Å². The van der Waals surface area contributed by atoms with Crippen LogP contribution in [0.15, 0.2) is 28.7 Å². The number of amides is 1. The Balaban J connectivity index is 2.02. The van der Waals surface area contributed by atoms with Crippen LogP contribution < -0.4 is 10.1 Å². The number of carbonyl (C=O) groups is 1. The van der Waals surface area contributed by atoms with Crippen molar-refractivity contribution < 1.29 is 13.9 Å². The lowest BCUT2D eigenvalue weighted by molar-refractivity contribution is -0.120. The standard InChI is InChI=1S/C20H29N3O3/c1-6-23(7-2)14(3)13-21-19(24)12-17-15(4)26-20(22-17)16-10-8-9-11-18(16)25-5/h8-11,14H,6-7,12-13H2,1-5H3,(H,21,24). The number of benzene rings is 1. The van der Waals surface area contributed by atoms with Crippen LogP contribution in [-0.2, 0) is 11.2 Å². The number of aryl methyl sites for hydroxylation is 1. The van der Waals surface area contributed by atoms with Crippen LogP contribution in [0.25, 0.3) is 11.5 Å². The van der Waals surface area contributed by atoms with E-state index >= 15 is 0 Å². The van der Waals surface area contributed by atoms with Gasteiger partial charge in [0.2, 0.25) is 11.8 Å². The minimum Gasteiger partial charge on any atom is -0.496 e. The second-order valence-electron chi connectivity index (χ2n) is 6.27. The van der Waals surface area contributed by atoms with Crippen molar-refractivity contribution in [3.05, 3.63) is 35.7 Å². The van der Waals surface area contributed by atoms with Crippen molar-refractivity contribution in [2.45, 2.75) is 40.2 Å². The number of nitrogens with zero attached hydrogens (tertiary/aromatic N) is 2. The number of methoxy groups -OCH3 is 1. The summed E-state index contributed by atoms with van der Waals surface area (Å²) in [5.41, 5.74) is 1.43. The summed E-state index contributed by atoms with van der Waals surface area (Å²) in [7, 11) is 1.61. The third kappa shape index (κ3) is 4.85. The molecule has 2 rings (SSSR count). The molecule has 0 aliphatic rings. The van der Waals surface area contributed by atoms with E-state index in [1.807, 2.05) is 31.2 Å². The fourth-order valence-corrected chi connectivity index (χ4v) is 2.98. The number of rotatable bonds is 9. The van der Waals surface area contributed by atoms with Crippen molar-refractivity contribution >= 4 is 5.91 Å². The Morgan fingerprint density at radius 3 is 2.65 bits per heavy atom. The minimum atomic E-state index is -0.0491. The average Bonchev–Trinajstić information content (AvgIpc) is 3.01. The molecule has 1 N–H and O–H groups in total. The Kier molecular flexibility index (Phi) is 7.21. The molecule has 0 radical (unpaired) electrons. The lowest BCUT2D eigenvalue weighted by atomic mass is 10.2. The number of carbonyl (C=O) groups excluding carboxylic acids is 1. The lowest BCUT2D eigenvalue weighted by Gasteiger charge is -2.26. The van der Waals surface area contributed by atoms with Crippen LogP contribution in [0.3, 0.4) is 0 Å². The van der Waals surface area contributed by atoms with Crippen LogP contribution in [0, 0.1) is 6.92 Å². The number of likely N-dealkylation sites (N-methyl/N-ethyl adjacent to an activating group) is 1. The number of hydrogen-bond donors (Lipinski definition) is 1. The van der Waals surface area contributed by atoms with Crippen molar-refractivity contribution in [1.82, 2.24) is 15.2 Å². The smallest absolute Gasteiger partial charge is 0.230 e. The molecule has 6 heteroatoms. The normalized spacial score (nSPS) is 12.2. The molecule has 26 heavy (non-hydrogen) atoms. The number of oxazole rings is 1. The zero-order valence-electron chi connectivity index (χ0n) is 16.3. The molecule has 0 spiro atoms. The molecule has 1 atom stereocenters. The molecule has 0 saturated carbocycles. The molecule has 1 aromatic heterocycles. The fraction of sp³-hybridized carbons (Fsp3) is 0.500. The molecule has 0 fully saturated rings. The van der Waals surface area contributed by atoms with Gasteiger partial charge in [0, 0.05) is 12.6 Å². The molecular weight excluding hydrogens is 330 g/mol. The van der Waals surface area contributed by atoms with E-state index in [1.165, 1.54) is 0 Å². The van der Waals surface area contributed by atoms with E-state index in [-0.39, 0.29) is 12.3 Å². The van der Waals surface area contributed by atoms with Gasteiger partial charge in [0.25, 0.3) is 0 Å². The number of hydrogen-bond acceptors (Lipinski definition) is 5. The first-order valence-corrected chi connectivity index (χ1v) is 9.10. The van der Waals surface area contributed by atoms with Crippen LogP contribution >= 0.6 is 0 Å². The van der Waals surface area contributed by atoms with Crippen molar-refractivity contribution in [1.29, 1.82) is 0 Å². The van der Waals surface area contributed by atoms with E-state index in [4.69, 9.17) is 9.15 Å². The first-order valence-electron chi connectivity index (χ1n) is 9.10. The first-order chi connectivity index (χ1) is 12.5. The third-order valence-corrected chi connectivity index (χ3v) is 4.59. The van der Waals surface area contributed by atoms with Gasteiger partial charge in [-0.3, -0.25) is 9.69 Å². The van der Waals surface area contributed by atoms with Crippen molar-refractivity contribution in [2.24, 2.45) is 0 Å². The van der Waals surface area contributed by atoms with Crippen LogP contribution in [-0.4, -0.2) is 48.6 Å². The quantitative estimate of drug-likeness (QED) is 0.745. The van der Waals surface area contributed by atoms with E-state index in [0.717, 1.165) is 18.7 Å².